The summed E-state index contributed by atoms with van der Waals surface area (Å²) in [5, 5.41) is 3.11. The predicted molar refractivity (Wildman–Crippen MR) is 99.1 cm³/mol. The molecule has 3 N–H and O–H groups in total. The third-order valence-corrected chi connectivity index (χ3v) is 3.10. The number of hydrogen-bond acceptors (Lipinski definition) is 2. The standard InChI is InChI=1S/C15H26N4.HI/c1-4-19(5-2)11-7-10-17-15(16)18-14-9-6-8-13(3)12-14;/h6,8-9,12H,4-5,7,10-11H2,1-3H3,(H3,16,17,18);1H. The summed E-state index contributed by atoms with van der Waals surface area (Å²) < 4.78 is 0. The summed E-state index contributed by atoms with van der Waals surface area (Å²) in [7, 11) is 0. The average molecular weight is 390 g/mol. The zero-order valence-electron chi connectivity index (χ0n) is 12.7. The molecule has 0 aliphatic carbocycles. The summed E-state index contributed by atoms with van der Waals surface area (Å²) in [4.78, 5) is 6.73. The fourth-order valence-electron chi connectivity index (χ4n) is 1.94. The van der Waals surface area contributed by atoms with Gasteiger partial charge in [-0.25, -0.2) is 0 Å². The number of benzene rings is 1. The molecule has 1 aromatic rings. The maximum atomic E-state index is 5.86. The number of nitrogens with two attached hydrogens (primary N) is 1. The van der Waals surface area contributed by atoms with Gasteiger partial charge in [-0.15, -0.1) is 24.0 Å². The highest BCUT2D eigenvalue weighted by atomic mass is 127. The second kappa shape index (κ2) is 10.9. The first-order chi connectivity index (χ1) is 9.15. The van der Waals surface area contributed by atoms with E-state index in [2.05, 4.69) is 48.1 Å². The van der Waals surface area contributed by atoms with Crippen LogP contribution in [0.1, 0.15) is 25.8 Å². The van der Waals surface area contributed by atoms with E-state index in [0.717, 1.165) is 38.3 Å². The lowest BCUT2D eigenvalue weighted by atomic mass is 10.2. The molecule has 5 heteroatoms. The van der Waals surface area contributed by atoms with Gasteiger partial charge >= 0.3 is 0 Å². The molecule has 0 atom stereocenters. The van der Waals surface area contributed by atoms with Gasteiger partial charge in [0.1, 0.15) is 0 Å². The molecule has 0 bridgehead atoms. The van der Waals surface area contributed by atoms with Crippen molar-refractivity contribution in [2.24, 2.45) is 10.7 Å². The molecule has 4 nitrogen and oxygen atoms in total. The topological polar surface area (TPSA) is 53.6 Å². The van der Waals surface area contributed by atoms with E-state index in [1.807, 2.05) is 12.1 Å². The third kappa shape index (κ3) is 7.69. The Morgan fingerprint density at radius 3 is 2.60 bits per heavy atom. The zero-order chi connectivity index (χ0) is 14.1. The predicted octanol–water partition coefficient (Wildman–Crippen LogP) is 3.07. The minimum absolute atomic E-state index is 0. The molecular formula is C15H27IN4. The number of rotatable bonds is 7. The molecule has 0 heterocycles. The van der Waals surface area contributed by atoms with Crippen molar-refractivity contribution in [1.82, 2.24) is 4.90 Å². The van der Waals surface area contributed by atoms with E-state index >= 15 is 0 Å². The average Bonchev–Trinajstić information content (AvgIpc) is 2.39. The van der Waals surface area contributed by atoms with Gasteiger partial charge in [-0.1, -0.05) is 26.0 Å². The van der Waals surface area contributed by atoms with Crippen molar-refractivity contribution in [3.05, 3.63) is 29.8 Å². The lowest BCUT2D eigenvalue weighted by Gasteiger charge is -2.16. The van der Waals surface area contributed by atoms with Crippen molar-refractivity contribution < 1.29 is 0 Å². The van der Waals surface area contributed by atoms with Gasteiger partial charge in [-0.2, -0.15) is 0 Å². The Bertz CT molecular complexity index is 403. The molecule has 1 aromatic carbocycles. The Labute approximate surface area is 139 Å². The van der Waals surface area contributed by atoms with E-state index in [4.69, 9.17) is 5.73 Å². The van der Waals surface area contributed by atoms with Gasteiger partial charge in [-0.05, 0) is 50.7 Å². The molecule has 0 amide bonds. The number of halogens is 1. The summed E-state index contributed by atoms with van der Waals surface area (Å²) in [6, 6.07) is 8.11. The van der Waals surface area contributed by atoms with E-state index in [1.54, 1.807) is 0 Å². The Kier molecular flexibility index (Phi) is 10.5. The Balaban J connectivity index is 0.00000361. The smallest absolute Gasteiger partial charge is 0.193 e. The van der Waals surface area contributed by atoms with Crippen LogP contribution in [-0.2, 0) is 0 Å². The lowest BCUT2D eigenvalue weighted by Crippen LogP contribution is -2.26. The van der Waals surface area contributed by atoms with Crippen LogP contribution in [-0.4, -0.2) is 37.0 Å². The number of aliphatic imine (C=N–C) groups is 1. The van der Waals surface area contributed by atoms with Crippen LogP contribution in [0.4, 0.5) is 5.69 Å². The van der Waals surface area contributed by atoms with E-state index in [0.29, 0.717) is 5.96 Å². The maximum Gasteiger partial charge on any atom is 0.193 e. The SMILES string of the molecule is CCN(CC)CCCN=C(N)Nc1cccc(C)c1.I. The third-order valence-electron chi connectivity index (χ3n) is 3.10. The number of guanidine groups is 1. The second-order valence-corrected chi connectivity index (χ2v) is 4.64. The molecule has 0 saturated heterocycles. The largest absolute Gasteiger partial charge is 0.370 e. The number of aryl methyl sites for hydroxylation is 1. The van der Waals surface area contributed by atoms with E-state index in [1.165, 1.54) is 5.56 Å². The Morgan fingerprint density at radius 2 is 2.00 bits per heavy atom. The number of nitrogens with zero attached hydrogens (tertiary/aromatic N) is 2. The van der Waals surface area contributed by atoms with Crippen molar-refractivity contribution in [3.63, 3.8) is 0 Å². The summed E-state index contributed by atoms with van der Waals surface area (Å²) in [6.07, 6.45) is 1.04. The molecule has 114 valence electrons. The van der Waals surface area contributed by atoms with E-state index < -0.39 is 0 Å². The van der Waals surface area contributed by atoms with E-state index in [-0.39, 0.29) is 24.0 Å². The minimum atomic E-state index is 0. The highest BCUT2D eigenvalue weighted by Crippen LogP contribution is 2.08. The molecular weight excluding hydrogens is 363 g/mol. The molecule has 0 fully saturated rings. The van der Waals surface area contributed by atoms with Crippen LogP contribution in [0.15, 0.2) is 29.3 Å². The number of hydrogen-bond donors (Lipinski definition) is 2. The fourth-order valence-corrected chi connectivity index (χ4v) is 1.94. The normalized spacial score (nSPS) is 11.3. The van der Waals surface area contributed by atoms with Gasteiger partial charge in [0.05, 0.1) is 0 Å². The molecule has 0 aromatic heterocycles. The first kappa shape index (κ1) is 19.2. The van der Waals surface area contributed by atoms with Crippen LogP contribution in [0.2, 0.25) is 0 Å². The van der Waals surface area contributed by atoms with Crippen LogP contribution in [0.3, 0.4) is 0 Å². The van der Waals surface area contributed by atoms with Crippen molar-refractivity contribution in [3.8, 4) is 0 Å². The number of anilines is 1. The summed E-state index contributed by atoms with van der Waals surface area (Å²) >= 11 is 0. The van der Waals surface area contributed by atoms with E-state index in [9.17, 15) is 0 Å². The molecule has 0 aliphatic heterocycles. The lowest BCUT2D eigenvalue weighted by molar-refractivity contribution is 0.302. The Hall–Kier alpha value is -0.820. The van der Waals surface area contributed by atoms with Gasteiger partial charge in [0.15, 0.2) is 5.96 Å². The minimum Gasteiger partial charge on any atom is -0.370 e. The highest BCUT2D eigenvalue weighted by Gasteiger charge is 1.98. The molecule has 1 rings (SSSR count). The maximum absolute atomic E-state index is 5.86. The van der Waals surface area contributed by atoms with Crippen molar-refractivity contribution >= 4 is 35.6 Å². The van der Waals surface area contributed by atoms with Gasteiger partial charge in [-0.3, -0.25) is 4.99 Å². The van der Waals surface area contributed by atoms with Gasteiger partial charge in [0.2, 0.25) is 0 Å². The van der Waals surface area contributed by atoms with Crippen LogP contribution >= 0.6 is 24.0 Å². The van der Waals surface area contributed by atoms with Crippen molar-refractivity contribution in [2.75, 3.05) is 31.5 Å². The summed E-state index contributed by atoms with van der Waals surface area (Å²) in [6.45, 7) is 10.5. The van der Waals surface area contributed by atoms with Gasteiger partial charge in [0, 0.05) is 12.2 Å². The first-order valence-corrected chi connectivity index (χ1v) is 7.01. The van der Waals surface area contributed by atoms with Crippen LogP contribution in [0.5, 0.6) is 0 Å². The van der Waals surface area contributed by atoms with Crippen LogP contribution < -0.4 is 11.1 Å². The first-order valence-electron chi connectivity index (χ1n) is 7.01. The molecule has 0 aliphatic rings. The van der Waals surface area contributed by atoms with Crippen LogP contribution in [0.25, 0.3) is 0 Å². The molecule has 0 radical (unpaired) electrons. The highest BCUT2D eigenvalue weighted by molar-refractivity contribution is 14.0. The van der Waals surface area contributed by atoms with Gasteiger partial charge in [0.25, 0.3) is 0 Å². The molecule has 0 saturated carbocycles. The number of nitrogens with one attached hydrogen (secondary N) is 1. The molecule has 20 heavy (non-hydrogen) atoms. The Morgan fingerprint density at radius 1 is 1.30 bits per heavy atom. The molecule has 0 spiro atoms. The fraction of sp³-hybridized carbons (Fsp3) is 0.533. The summed E-state index contributed by atoms with van der Waals surface area (Å²) in [5.41, 5.74) is 8.06. The van der Waals surface area contributed by atoms with Crippen molar-refractivity contribution in [2.45, 2.75) is 27.2 Å². The van der Waals surface area contributed by atoms with Crippen molar-refractivity contribution in [1.29, 1.82) is 0 Å². The quantitative estimate of drug-likeness (QED) is 0.326. The summed E-state index contributed by atoms with van der Waals surface area (Å²) in [5.74, 6) is 0.491. The molecule has 0 unspecified atom stereocenters. The zero-order valence-corrected chi connectivity index (χ0v) is 15.1. The van der Waals surface area contributed by atoms with Gasteiger partial charge < -0.3 is 16.0 Å². The second-order valence-electron chi connectivity index (χ2n) is 4.64. The monoisotopic (exact) mass is 390 g/mol. The van der Waals surface area contributed by atoms with Crippen LogP contribution in [0, 0.1) is 6.92 Å².